The Kier molecular flexibility index (Phi) is 3.49. The first-order chi connectivity index (χ1) is 13.6. The average Bonchev–Trinajstić information content (AvgIpc) is 3.07. The molecule has 0 fully saturated rings. The van der Waals surface area contributed by atoms with Gasteiger partial charge in [0.15, 0.2) is 11.6 Å². The van der Waals surface area contributed by atoms with Crippen LogP contribution in [-0.2, 0) is 10.3 Å². The van der Waals surface area contributed by atoms with Crippen LogP contribution in [0.1, 0.15) is 22.8 Å². The van der Waals surface area contributed by atoms with Crippen LogP contribution in [0.5, 0.6) is 17.2 Å². The molecule has 0 bridgehead atoms. The summed E-state index contributed by atoms with van der Waals surface area (Å²) in [6.45, 7) is 0. The van der Waals surface area contributed by atoms with Gasteiger partial charge in [0.1, 0.15) is 17.2 Å². The van der Waals surface area contributed by atoms with Crippen molar-refractivity contribution in [3.63, 3.8) is 0 Å². The number of rotatable bonds is 2. The molecule has 2 atom stereocenters. The molecular weight excluding hydrogens is 354 g/mol. The number of hydrogen-bond acceptors (Lipinski definition) is 6. The van der Waals surface area contributed by atoms with E-state index in [4.69, 9.17) is 30.7 Å². The van der Waals surface area contributed by atoms with Gasteiger partial charge in [0.05, 0.1) is 7.11 Å². The summed E-state index contributed by atoms with van der Waals surface area (Å²) in [6.07, 6.45) is -0.492. The number of aliphatic imine (C=N–C) groups is 1. The number of ether oxygens (including phenoxy) is 3. The summed E-state index contributed by atoms with van der Waals surface area (Å²) in [6, 6.07) is 21.2. The number of anilines is 1. The second-order valence-corrected chi connectivity index (χ2v) is 6.84. The maximum absolute atomic E-state index is 6.14. The molecule has 6 heteroatoms. The van der Waals surface area contributed by atoms with Crippen molar-refractivity contribution in [1.29, 1.82) is 0 Å². The van der Waals surface area contributed by atoms with E-state index < -0.39 is 11.6 Å². The monoisotopic (exact) mass is 373 g/mol. The van der Waals surface area contributed by atoms with E-state index in [0.29, 0.717) is 11.4 Å². The van der Waals surface area contributed by atoms with Crippen LogP contribution in [0.4, 0.5) is 5.69 Å². The zero-order valence-electron chi connectivity index (χ0n) is 15.3. The fraction of sp³-hybridized carbons (Fsp3) is 0.136. The minimum absolute atomic E-state index is 0.123. The third kappa shape index (κ3) is 2.24. The highest BCUT2D eigenvalue weighted by atomic mass is 16.5. The van der Waals surface area contributed by atoms with Crippen LogP contribution < -0.4 is 20.9 Å². The smallest absolute Gasteiger partial charge is 0.284 e. The number of benzene rings is 3. The van der Waals surface area contributed by atoms with Gasteiger partial charge in [-0.25, -0.2) is 4.99 Å². The Morgan fingerprint density at radius 3 is 2.61 bits per heavy atom. The molecule has 2 unspecified atom stereocenters. The molecule has 3 aromatic carbocycles. The summed E-state index contributed by atoms with van der Waals surface area (Å²) in [5.74, 6) is 2.13. The number of nitrogens with two attached hydrogens (primary N) is 2. The first-order valence-electron chi connectivity index (χ1n) is 8.95. The van der Waals surface area contributed by atoms with Gasteiger partial charge in [-0.05, 0) is 42.0 Å². The topological polar surface area (TPSA) is 92.1 Å². The fourth-order valence-corrected chi connectivity index (χ4v) is 4.05. The minimum Gasteiger partial charge on any atom is -0.497 e. The molecule has 0 saturated heterocycles. The first-order valence-corrected chi connectivity index (χ1v) is 8.95. The van der Waals surface area contributed by atoms with Crippen LogP contribution in [-0.4, -0.2) is 13.1 Å². The minimum atomic E-state index is -0.907. The van der Waals surface area contributed by atoms with Crippen molar-refractivity contribution in [2.45, 2.75) is 11.6 Å². The van der Waals surface area contributed by atoms with Gasteiger partial charge in [-0.1, -0.05) is 30.3 Å². The van der Waals surface area contributed by atoms with Gasteiger partial charge >= 0.3 is 0 Å². The highest BCUT2D eigenvalue weighted by Crippen LogP contribution is 2.58. The van der Waals surface area contributed by atoms with Gasteiger partial charge in [-0.15, -0.1) is 0 Å². The third-order valence-corrected chi connectivity index (χ3v) is 5.23. The number of nitrogens with zero attached hydrogens (tertiary/aromatic N) is 1. The number of methoxy groups -OCH3 is 1. The lowest BCUT2D eigenvalue weighted by molar-refractivity contribution is 0.149. The Morgan fingerprint density at radius 2 is 1.75 bits per heavy atom. The van der Waals surface area contributed by atoms with Crippen molar-refractivity contribution in [3.05, 3.63) is 83.4 Å². The summed E-state index contributed by atoms with van der Waals surface area (Å²) < 4.78 is 17.6. The molecule has 2 aliphatic heterocycles. The standard InChI is InChI=1S/C22H19N3O3/c1-26-15-6-4-5-13(11-15)20-22(25-21(24)28-20)16-7-2-3-8-18(16)27-19-10-9-14(23)12-17(19)22/h2-12,20H,23H2,1H3,(H2,24,25). The molecule has 4 N–H and O–H groups in total. The molecule has 3 aromatic rings. The van der Waals surface area contributed by atoms with E-state index in [1.165, 1.54) is 0 Å². The number of nitrogen functional groups attached to an aromatic ring is 1. The first kappa shape index (κ1) is 16.5. The van der Waals surface area contributed by atoms with Crippen LogP contribution in [0.2, 0.25) is 0 Å². The molecule has 28 heavy (non-hydrogen) atoms. The van der Waals surface area contributed by atoms with Gasteiger partial charge in [-0.2, -0.15) is 0 Å². The van der Waals surface area contributed by atoms with Gasteiger partial charge in [0, 0.05) is 16.8 Å². The van der Waals surface area contributed by atoms with Gasteiger partial charge in [0.2, 0.25) is 0 Å². The molecule has 2 heterocycles. The van der Waals surface area contributed by atoms with Crippen molar-refractivity contribution in [2.75, 3.05) is 12.8 Å². The van der Waals surface area contributed by atoms with Crippen molar-refractivity contribution < 1.29 is 14.2 Å². The summed E-state index contributed by atoms with van der Waals surface area (Å²) >= 11 is 0. The summed E-state index contributed by atoms with van der Waals surface area (Å²) in [5, 5.41) is 0. The number of fused-ring (bicyclic) bond motifs is 4. The molecule has 0 aromatic heterocycles. The lowest BCUT2D eigenvalue weighted by atomic mass is 9.74. The summed E-state index contributed by atoms with van der Waals surface area (Å²) in [5.41, 5.74) is 14.5. The van der Waals surface area contributed by atoms with Crippen LogP contribution in [0.3, 0.4) is 0 Å². The Labute approximate surface area is 162 Å². The largest absolute Gasteiger partial charge is 0.497 e. The van der Waals surface area contributed by atoms with Crippen molar-refractivity contribution >= 4 is 11.7 Å². The molecular formula is C22H19N3O3. The van der Waals surface area contributed by atoms with Crippen LogP contribution in [0.25, 0.3) is 0 Å². The van der Waals surface area contributed by atoms with Gasteiger partial charge in [-0.3, -0.25) is 0 Å². The fourth-order valence-electron chi connectivity index (χ4n) is 4.05. The third-order valence-electron chi connectivity index (χ3n) is 5.23. The average molecular weight is 373 g/mol. The highest BCUT2D eigenvalue weighted by molar-refractivity contribution is 5.78. The van der Waals surface area contributed by atoms with Crippen molar-refractivity contribution in [3.8, 4) is 17.2 Å². The SMILES string of the molecule is COc1cccc(C2OC(N)=NC23c2ccccc2Oc2ccc(N)cc23)c1. The Balaban J connectivity index is 1.82. The van der Waals surface area contributed by atoms with Crippen molar-refractivity contribution in [1.82, 2.24) is 0 Å². The second-order valence-electron chi connectivity index (χ2n) is 6.84. The van der Waals surface area contributed by atoms with E-state index in [2.05, 4.69) is 0 Å². The Morgan fingerprint density at radius 1 is 0.929 bits per heavy atom. The van der Waals surface area contributed by atoms with E-state index in [9.17, 15) is 0 Å². The molecule has 5 rings (SSSR count). The number of amidine groups is 1. The van der Waals surface area contributed by atoms with Crippen LogP contribution in [0.15, 0.2) is 71.7 Å². The van der Waals surface area contributed by atoms with E-state index in [0.717, 1.165) is 28.2 Å². The van der Waals surface area contributed by atoms with E-state index >= 15 is 0 Å². The zero-order chi connectivity index (χ0) is 19.3. The lowest BCUT2D eigenvalue weighted by Crippen LogP contribution is -2.34. The maximum Gasteiger partial charge on any atom is 0.284 e. The Bertz CT molecular complexity index is 1110. The van der Waals surface area contributed by atoms with Crippen LogP contribution >= 0.6 is 0 Å². The predicted octanol–water partition coefficient (Wildman–Crippen LogP) is 3.71. The summed E-state index contributed by atoms with van der Waals surface area (Å²) in [4.78, 5) is 4.81. The predicted molar refractivity (Wildman–Crippen MR) is 107 cm³/mol. The van der Waals surface area contributed by atoms with Crippen molar-refractivity contribution in [2.24, 2.45) is 10.7 Å². The molecule has 0 aliphatic carbocycles. The molecule has 0 amide bonds. The van der Waals surface area contributed by atoms with Gasteiger partial charge in [0.25, 0.3) is 6.02 Å². The van der Waals surface area contributed by atoms with Gasteiger partial charge < -0.3 is 25.7 Å². The van der Waals surface area contributed by atoms with E-state index in [1.807, 2.05) is 66.7 Å². The molecule has 1 spiro atoms. The molecule has 6 nitrogen and oxygen atoms in total. The normalized spacial score (nSPS) is 21.9. The van der Waals surface area contributed by atoms with E-state index in [-0.39, 0.29) is 6.02 Å². The van der Waals surface area contributed by atoms with E-state index in [1.54, 1.807) is 7.11 Å². The zero-order valence-corrected chi connectivity index (χ0v) is 15.3. The molecule has 0 saturated carbocycles. The molecule has 140 valence electrons. The summed E-state index contributed by atoms with van der Waals surface area (Å²) in [7, 11) is 1.63. The second kappa shape index (κ2) is 5.92. The molecule has 2 aliphatic rings. The quantitative estimate of drug-likeness (QED) is 0.668. The lowest BCUT2D eigenvalue weighted by Gasteiger charge is -2.38. The number of hydrogen-bond donors (Lipinski definition) is 2. The number of para-hydroxylation sites is 1. The maximum atomic E-state index is 6.14. The Hall–Kier alpha value is -3.67. The molecule has 0 radical (unpaired) electrons. The van der Waals surface area contributed by atoms with Crippen LogP contribution in [0, 0.1) is 0 Å². The highest BCUT2D eigenvalue weighted by Gasteiger charge is 2.54.